The predicted molar refractivity (Wildman–Crippen MR) is 88.2 cm³/mol. The molecule has 1 amide bonds. The van der Waals surface area contributed by atoms with Crippen LogP contribution in [0.15, 0.2) is 24.3 Å². The van der Waals surface area contributed by atoms with Gasteiger partial charge in [0, 0.05) is 6.54 Å². The molecule has 0 spiro atoms. The number of carbonyl (C=O) groups excluding carboxylic acids is 1. The number of carbonyl (C=O) groups is 1. The molecule has 0 aliphatic carbocycles. The Bertz CT molecular complexity index is 691. The van der Waals surface area contributed by atoms with Gasteiger partial charge in [-0.3, -0.25) is 14.8 Å². The lowest BCUT2D eigenvalue weighted by Gasteiger charge is -2.35. The molecule has 0 bridgehead atoms. The van der Waals surface area contributed by atoms with Gasteiger partial charge in [0.1, 0.15) is 0 Å². The largest absolute Gasteiger partial charge is 0.394 e. The summed E-state index contributed by atoms with van der Waals surface area (Å²) in [6.45, 7) is 4.76. The zero-order valence-corrected chi connectivity index (χ0v) is 13.5. The Balaban J connectivity index is 1.71. The average molecular weight is 314 g/mol. The minimum Gasteiger partial charge on any atom is -0.394 e. The molecule has 0 saturated carbocycles. The zero-order valence-electron chi connectivity index (χ0n) is 13.5. The van der Waals surface area contributed by atoms with E-state index in [0.29, 0.717) is 0 Å². The number of nitrogens with one attached hydrogen (secondary N) is 2. The first-order valence-corrected chi connectivity index (χ1v) is 7.84. The number of amides is 1. The van der Waals surface area contributed by atoms with Crippen LogP contribution in [0.3, 0.4) is 0 Å². The highest BCUT2D eigenvalue weighted by molar-refractivity contribution is 5.93. The van der Waals surface area contributed by atoms with Gasteiger partial charge in [-0.2, -0.15) is 5.10 Å². The van der Waals surface area contributed by atoms with Crippen molar-refractivity contribution >= 4 is 11.6 Å². The lowest BCUT2D eigenvalue weighted by Crippen LogP contribution is -2.42. The van der Waals surface area contributed by atoms with Crippen molar-refractivity contribution in [1.29, 1.82) is 0 Å². The third-order valence-corrected chi connectivity index (χ3v) is 4.44. The van der Waals surface area contributed by atoms with Crippen molar-refractivity contribution in [2.75, 3.05) is 25.0 Å². The number of hydrogen-bond acceptors (Lipinski definition) is 4. The van der Waals surface area contributed by atoms with Crippen molar-refractivity contribution in [2.24, 2.45) is 0 Å². The first-order chi connectivity index (χ1) is 11.1. The van der Waals surface area contributed by atoms with Gasteiger partial charge >= 0.3 is 0 Å². The van der Waals surface area contributed by atoms with Crippen LogP contribution in [0.4, 0.5) is 5.69 Å². The van der Waals surface area contributed by atoms with Gasteiger partial charge in [-0.15, -0.1) is 0 Å². The Labute approximate surface area is 135 Å². The normalized spacial score (nSPS) is 17.8. The molecule has 0 fully saturated rings. The van der Waals surface area contributed by atoms with Gasteiger partial charge in [0.05, 0.1) is 36.3 Å². The highest BCUT2D eigenvalue weighted by Gasteiger charge is 2.28. The Kier molecular flexibility index (Phi) is 4.45. The molecule has 3 rings (SSSR count). The molecule has 3 N–H and O–H groups in total. The smallest absolute Gasteiger partial charge is 0.238 e. The molecule has 0 saturated heterocycles. The molecule has 1 aliphatic heterocycles. The minimum atomic E-state index is -0.128. The first kappa shape index (κ1) is 15.7. The summed E-state index contributed by atoms with van der Waals surface area (Å²) in [5.41, 5.74) is 4.74. The van der Waals surface area contributed by atoms with Gasteiger partial charge in [-0.25, -0.2) is 0 Å². The van der Waals surface area contributed by atoms with Crippen LogP contribution >= 0.6 is 0 Å². The fourth-order valence-electron chi connectivity index (χ4n) is 3.21. The summed E-state index contributed by atoms with van der Waals surface area (Å²) in [5.74, 6) is -0.0876. The molecule has 1 aromatic heterocycles. The van der Waals surface area contributed by atoms with E-state index in [9.17, 15) is 9.90 Å². The third-order valence-electron chi connectivity index (χ3n) is 4.44. The number of fused-ring (bicyclic) bond motifs is 1. The number of benzene rings is 1. The van der Waals surface area contributed by atoms with E-state index >= 15 is 0 Å². The van der Waals surface area contributed by atoms with Gasteiger partial charge in [-0.05, 0) is 31.4 Å². The van der Waals surface area contributed by atoms with Gasteiger partial charge in [0.15, 0.2) is 0 Å². The third kappa shape index (κ3) is 3.13. The molecule has 1 aromatic carbocycles. The number of aliphatic hydroxyl groups is 1. The number of rotatable bonds is 4. The van der Waals surface area contributed by atoms with Crippen molar-refractivity contribution in [2.45, 2.75) is 26.3 Å². The topological polar surface area (TPSA) is 81.2 Å². The van der Waals surface area contributed by atoms with Crippen molar-refractivity contribution < 1.29 is 9.90 Å². The number of H-pyrrole nitrogens is 1. The number of hydrogen-bond donors (Lipinski definition) is 3. The number of nitrogens with zero attached hydrogens (tertiary/aromatic N) is 2. The highest BCUT2D eigenvalue weighted by Crippen LogP contribution is 2.29. The van der Waals surface area contributed by atoms with Gasteiger partial charge in [0.25, 0.3) is 0 Å². The number of aliphatic hydroxyl groups excluding tert-OH is 1. The lowest BCUT2D eigenvalue weighted by molar-refractivity contribution is -0.118. The van der Waals surface area contributed by atoms with E-state index in [-0.39, 0.29) is 25.1 Å². The van der Waals surface area contributed by atoms with Crippen LogP contribution in [0.25, 0.3) is 0 Å². The summed E-state index contributed by atoms with van der Waals surface area (Å²) in [7, 11) is 0. The minimum absolute atomic E-state index is 0.00800. The van der Waals surface area contributed by atoms with E-state index < -0.39 is 0 Å². The summed E-state index contributed by atoms with van der Waals surface area (Å²) in [6, 6.07) is 7.99. The molecule has 6 heteroatoms. The Morgan fingerprint density at radius 2 is 2.22 bits per heavy atom. The fraction of sp³-hybridized carbons (Fsp3) is 0.412. The summed E-state index contributed by atoms with van der Waals surface area (Å²) < 4.78 is 0. The van der Waals surface area contributed by atoms with E-state index in [1.54, 1.807) is 0 Å². The van der Waals surface area contributed by atoms with E-state index in [1.165, 1.54) is 5.56 Å². The molecular formula is C17H22N4O2. The van der Waals surface area contributed by atoms with Gasteiger partial charge in [-0.1, -0.05) is 24.3 Å². The maximum Gasteiger partial charge on any atom is 0.238 e. The number of aromatic amines is 1. The van der Waals surface area contributed by atoms with Crippen LogP contribution < -0.4 is 5.32 Å². The molecule has 1 atom stereocenters. The Morgan fingerprint density at radius 1 is 1.43 bits per heavy atom. The predicted octanol–water partition coefficient (Wildman–Crippen LogP) is 1.56. The zero-order chi connectivity index (χ0) is 16.4. The van der Waals surface area contributed by atoms with E-state index in [1.807, 2.05) is 36.9 Å². The summed E-state index contributed by atoms with van der Waals surface area (Å²) in [6.07, 6.45) is 0.893. The van der Waals surface area contributed by atoms with Gasteiger partial charge < -0.3 is 10.4 Å². The standard InChI is InChI=1S/C17H22N4O2/c1-11-17(12(2)20-19-11)18-16(23)9-21-8-7-13-5-3-4-6-14(13)15(21)10-22/h3-6,15,22H,7-10H2,1-2H3,(H,18,23)(H,19,20). The highest BCUT2D eigenvalue weighted by atomic mass is 16.3. The van der Waals surface area contributed by atoms with Crippen LogP contribution in [0.2, 0.25) is 0 Å². The second-order valence-electron chi connectivity index (χ2n) is 5.97. The van der Waals surface area contributed by atoms with E-state index in [4.69, 9.17) is 0 Å². The molecule has 23 heavy (non-hydrogen) atoms. The number of aromatic nitrogens is 2. The van der Waals surface area contributed by atoms with Crippen molar-refractivity contribution in [3.05, 3.63) is 46.8 Å². The molecular weight excluding hydrogens is 292 g/mol. The van der Waals surface area contributed by atoms with Crippen LogP contribution in [0.5, 0.6) is 0 Å². The molecule has 2 aromatic rings. The van der Waals surface area contributed by atoms with Crippen LogP contribution in [0.1, 0.15) is 28.6 Å². The maximum atomic E-state index is 12.4. The first-order valence-electron chi connectivity index (χ1n) is 7.84. The van der Waals surface area contributed by atoms with Crippen molar-refractivity contribution in [3.8, 4) is 0 Å². The second kappa shape index (κ2) is 6.52. The summed E-state index contributed by atoms with van der Waals surface area (Å²) in [5, 5.41) is 19.6. The molecule has 1 aliphatic rings. The fourth-order valence-corrected chi connectivity index (χ4v) is 3.21. The quantitative estimate of drug-likeness (QED) is 0.800. The van der Waals surface area contributed by atoms with Crippen LogP contribution in [-0.2, 0) is 11.2 Å². The van der Waals surface area contributed by atoms with Crippen LogP contribution in [0, 0.1) is 13.8 Å². The number of anilines is 1. The average Bonchev–Trinajstić information content (AvgIpc) is 2.86. The van der Waals surface area contributed by atoms with Crippen molar-refractivity contribution in [3.63, 3.8) is 0 Å². The SMILES string of the molecule is Cc1n[nH]c(C)c1NC(=O)CN1CCc2ccccc2C1CO. The Morgan fingerprint density at radius 3 is 2.91 bits per heavy atom. The van der Waals surface area contributed by atoms with Crippen molar-refractivity contribution in [1.82, 2.24) is 15.1 Å². The van der Waals surface area contributed by atoms with Gasteiger partial charge in [0.2, 0.25) is 5.91 Å². The Hall–Kier alpha value is -2.18. The number of aryl methyl sites for hydroxylation is 2. The molecule has 1 unspecified atom stereocenters. The second-order valence-corrected chi connectivity index (χ2v) is 5.97. The van der Waals surface area contributed by atoms with E-state index in [0.717, 1.165) is 35.6 Å². The van der Waals surface area contributed by atoms with E-state index in [2.05, 4.69) is 21.6 Å². The monoisotopic (exact) mass is 314 g/mol. The molecule has 0 radical (unpaired) electrons. The molecule has 122 valence electrons. The lowest BCUT2D eigenvalue weighted by atomic mass is 9.93. The molecule has 6 nitrogen and oxygen atoms in total. The maximum absolute atomic E-state index is 12.4. The molecule has 2 heterocycles. The summed E-state index contributed by atoms with van der Waals surface area (Å²) >= 11 is 0. The summed E-state index contributed by atoms with van der Waals surface area (Å²) in [4.78, 5) is 14.4. The van der Waals surface area contributed by atoms with Crippen LogP contribution in [-0.4, -0.2) is 45.8 Å².